The van der Waals surface area contributed by atoms with E-state index in [0.29, 0.717) is 17.1 Å². The Kier molecular flexibility index (Phi) is 6.18. The van der Waals surface area contributed by atoms with Crippen molar-refractivity contribution in [3.8, 4) is 11.5 Å². The number of benzene rings is 3. The number of amides is 1. The monoisotopic (exact) mass is 443 g/mol. The fraction of sp³-hybridized carbons (Fsp3) is 0.185. The lowest BCUT2D eigenvalue weighted by atomic mass is 9.94. The number of methoxy groups -OCH3 is 2. The van der Waals surface area contributed by atoms with Crippen LogP contribution in [0.5, 0.6) is 11.5 Å². The van der Waals surface area contributed by atoms with Crippen LogP contribution in [0.3, 0.4) is 0 Å². The van der Waals surface area contributed by atoms with E-state index in [9.17, 15) is 14.7 Å². The minimum absolute atomic E-state index is 0.0682. The number of carbonyl (C=O) groups excluding carboxylic acids is 2. The summed E-state index contributed by atoms with van der Waals surface area (Å²) in [6, 6.07) is 21.0. The Morgan fingerprint density at radius 1 is 0.909 bits per heavy atom. The van der Waals surface area contributed by atoms with Crippen molar-refractivity contribution in [3.63, 3.8) is 0 Å². The van der Waals surface area contributed by atoms with Gasteiger partial charge in [0, 0.05) is 12.1 Å². The number of hydrogen-bond donors (Lipinski definition) is 1. The maximum Gasteiger partial charge on any atom is 0.295 e. The fourth-order valence-electron chi connectivity index (χ4n) is 4.10. The van der Waals surface area contributed by atoms with Crippen molar-refractivity contribution < 1.29 is 24.2 Å². The van der Waals surface area contributed by atoms with Gasteiger partial charge in [0.25, 0.3) is 11.7 Å². The smallest absolute Gasteiger partial charge is 0.295 e. The number of aliphatic hydroxyl groups is 1. The average molecular weight is 443 g/mol. The van der Waals surface area contributed by atoms with E-state index in [1.165, 1.54) is 4.90 Å². The number of aryl methyl sites for hydroxylation is 1. The molecule has 1 saturated heterocycles. The fourth-order valence-corrected chi connectivity index (χ4v) is 4.10. The number of hydrogen-bond acceptors (Lipinski definition) is 5. The maximum atomic E-state index is 13.2. The van der Waals surface area contributed by atoms with Gasteiger partial charge >= 0.3 is 0 Å². The summed E-state index contributed by atoms with van der Waals surface area (Å²) in [5.74, 6) is -0.289. The third kappa shape index (κ3) is 4.32. The molecule has 1 heterocycles. The minimum Gasteiger partial charge on any atom is -0.507 e. The standard InChI is InChI=1S/C27H25NO5/c1-17-6-4-8-20(14-17)24-23(25(29)19-10-12-21(32-2)13-11-19)26(30)27(31)28(24)16-18-7-5-9-22(15-18)33-3/h4-15,24,29H,16H2,1-3H3/b25-23-. The summed E-state index contributed by atoms with van der Waals surface area (Å²) in [7, 11) is 3.13. The van der Waals surface area contributed by atoms with Gasteiger partial charge in [-0.3, -0.25) is 9.59 Å². The number of Topliss-reactive ketones (excluding diaryl/α,β-unsaturated/α-hetero) is 1. The van der Waals surface area contributed by atoms with Gasteiger partial charge in [-0.1, -0.05) is 42.0 Å². The van der Waals surface area contributed by atoms with Crippen molar-refractivity contribution in [1.82, 2.24) is 4.90 Å². The van der Waals surface area contributed by atoms with Crippen LogP contribution in [-0.2, 0) is 16.1 Å². The predicted molar refractivity (Wildman–Crippen MR) is 125 cm³/mol. The van der Waals surface area contributed by atoms with Gasteiger partial charge in [-0.2, -0.15) is 0 Å². The number of ether oxygens (including phenoxy) is 2. The third-order valence-corrected chi connectivity index (χ3v) is 5.75. The highest BCUT2D eigenvalue weighted by molar-refractivity contribution is 6.46. The first-order chi connectivity index (χ1) is 15.9. The van der Waals surface area contributed by atoms with Crippen LogP contribution in [0, 0.1) is 6.92 Å². The van der Waals surface area contributed by atoms with Gasteiger partial charge in [-0.05, 0) is 54.4 Å². The number of ketones is 1. The van der Waals surface area contributed by atoms with E-state index in [4.69, 9.17) is 9.47 Å². The Bertz CT molecular complexity index is 1230. The van der Waals surface area contributed by atoms with Crippen LogP contribution in [-0.4, -0.2) is 35.9 Å². The highest BCUT2D eigenvalue weighted by Gasteiger charge is 2.46. The molecule has 0 saturated carbocycles. The quantitative estimate of drug-likeness (QED) is 0.341. The van der Waals surface area contributed by atoms with E-state index in [0.717, 1.165) is 16.7 Å². The number of nitrogens with zero attached hydrogens (tertiary/aromatic N) is 1. The molecule has 0 bridgehead atoms. The van der Waals surface area contributed by atoms with Gasteiger partial charge in [0.2, 0.25) is 0 Å². The van der Waals surface area contributed by atoms with E-state index < -0.39 is 17.7 Å². The summed E-state index contributed by atoms with van der Waals surface area (Å²) in [4.78, 5) is 27.8. The molecule has 1 amide bonds. The lowest BCUT2D eigenvalue weighted by molar-refractivity contribution is -0.140. The van der Waals surface area contributed by atoms with E-state index in [1.54, 1.807) is 38.5 Å². The summed E-state index contributed by atoms with van der Waals surface area (Å²) >= 11 is 0. The molecule has 3 aromatic carbocycles. The van der Waals surface area contributed by atoms with Crippen molar-refractivity contribution in [1.29, 1.82) is 0 Å². The van der Waals surface area contributed by atoms with Crippen LogP contribution in [0.1, 0.15) is 28.3 Å². The molecule has 168 valence electrons. The second-order valence-electron chi connectivity index (χ2n) is 7.92. The molecule has 33 heavy (non-hydrogen) atoms. The zero-order chi connectivity index (χ0) is 23.5. The van der Waals surface area contributed by atoms with E-state index in [-0.39, 0.29) is 17.9 Å². The first kappa shape index (κ1) is 22.1. The largest absolute Gasteiger partial charge is 0.507 e. The maximum absolute atomic E-state index is 13.2. The van der Waals surface area contributed by atoms with Crippen molar-refractivity contribution in [2.75, 3.05) is 14.2 Å². The van der Waals surface area contributed by atoms with Crippen molar-refractivity contribution in [3.05, 3.63) is 101 Å². The molecule has 0 aliphatic carbocycles. The third-order valence-electron chi connectivity index (χ3n) is 5.75. The lowest BCUT2D eigenvalue weighted by Crippen LogP contribution is -2.29. The van der Waals surface area contributed by atoms with Crippen molar-refractivity contribution in [2.24, 2.45) is 0 Å². The van der Waals surface area contributed by atoms with Crippen LogP contribution in [0.25, 0.3) is 5.76 Å². The molecular formula is C27H25NO5. The average Bonchev–Trinajstić information content (AvgIpc) is 3.08. The highest BCUT2D eigenvalue weighted by atomic mass is 16.5. The Hall–Kier alpha value is -4.06. The summed E-state index contributed by atoms with van der Waals surface area (Å²) in [5, 5.41) is 11.2. The summed E-state index contributed by atoms with van der Waals surface area (Å²) < 4.78 is 10.5. The molecule has 3 aromatic rings. The van der Waals surface area contributed by atoms with Gasteiger partial charge in [0.1, 0.15) is 17.3 Å². The molecule has 6 nitrogen and oxygen atoms in total. The predicted octanol–water partition coefficient (Wildman–Crippen LogP) is 4.63. The summed E-state index contributed by atoms with van der Waals surface area (Å²) in [5.41, 5.74) is 3.07. The Balaban J connectivity index is 1.84. The SMILES string of the molecule is COc1ccc(/C(O)=C2/C(=O)C(=O)N(Cc3cccc(OC)c3)C2c2cccc(C)c2)cc1. The van der Waals surface area contributed by atoms with E-state index in [1.807, 2.05) is 55.5 Å². The van der Waals surface area contributed by atoms with E-state index >= 15 is 0 Å². The number of carbonyl (C=O) groups is 2. The molecule has 4 rings (SSSR count). The molecule has 0 radical (unpaired) electrons. The van der Waals surface area contributed by atoms with Crippen LogP contribution >= 0.6 is 0 Å². The first-order valence-corrected chi connectivity index (χ1v) is 10.5. The number of likely N-dealkylation sites (tertiary alicyclic amines) is 1. The van der Waals surface area contributed by atoms with Crippen LogP contribution < -0.4 is 9.47 Å². The first-order valence-electron chi connectivity index (χ1n) is 10.5. The highest BCUT2D eigenvalue weighted by Crippen LogP contribution is 2.40. The van der Waals surface area contributed by atoms with Gasteiger partial charge in [0.15, 0.2) is 0 Å². The molecule has 1 N–H and O–H groups in total. The van der Waals surface area contributed by atoms with Gasteiger partial charge in [-0.15, -0.1) is 0 Å². The second kappa shape index (κ2) is 9.20. The van der Waals surface area contributed by atoms with Crippen LogP contribution in [0.15, 0.2) is 78.4 Å². The van der Waals surface area contributed by atoms with E-state index in [2.05, 4.69) is 0 Å². The molecule has 6 heteroatoms. The number of aliphatic hydroxyl groups excluding tert-OH is 1. The minimum atomic E-state index is -0.724. The molecule has 1 aliphatic rings. The molecular weight excluding hydrogens is 418 g/mol. The molecule has 0 spiro atoms. The lowest BCUT2D eigenvalue weighted by Gasteiger charge is -2.26. The molecule has 1 unspecified atom stereocenters. The molecule has 1 fully saturated rings. The number of rotatable bonds is 6. The second-order valence-corrected chi connectivity index (χ2v) is 7.92. The van der Waals surface area contributed by atoms with Crippen molar-refractivity contribution >= 4 is 17.4 Å². The van der Waals surface area contributed by atoms with Gasteiger partial charge in [-0.25, -0.2) is 0 Å². The van der Waals surface area contributed by atoms with Crippen molar-refractivity contribution in [2.45, 2.75) is 19.5 Å². The summed E-state index contributed by atoms with van der Waals surface area (Å²) in [6.07, 6.45) is 0. The topological polar surface area (TPSA) is 76.1 Å². The van der Waals surface area contributed by atoms with Gasteiger partial charge < -0.3 is 19.5 Å². The Labute approximate surface area is 192 Å². The Morgan fingerprint density at radius 3 is 2.27 bits per heavy atom. The van der Waals surface area contributed by atoms with Crippen LogP contribution in [0.4, 0.5) is 0 Å². The molecule has 0 aromatic heterocycles. The summed E-state index contributed by atoms with van der Waals surface area (Å²) in [6.45, 7) is 2.14. The van der Waals surface area contributed by atoms with Gasteiger partial charge in [0.05, 0.1) is 25.8 Å². The zero-order valence-electron chi connectivity index (χ0n) is 18.7. The molecule has 1 atom stereocenters. The zero-order valence-corrected chi connectivity index (χ0v) is 18.7. The molecule has 1 aliphatic heterocycles. The normalized spacial score (nSPS) is 17.3. The van der Waals surface area contributed by atoms with Crippen LogP contribution in [0.2, 0.25) is 0 Å². The Morgan fingerprint density at radius 2 is 1.61 bits per heavy atom.